The number of nitrogens with zero attached hydrogens (tertiary/aromatic N) is 2. The summed E-state index contributed by atoms with van der Waals surface area (Å²) in [6, 6.07) is 8.32. The number of carbonyl (C=O) groups is 2. The van der Waals surface area contributed by atoms with Crippen molar-refractivity contribution in [2.75, 3.05) is 18.5 Å². The van der Waals surface area contributed by atoms with Gasteiger partial charge in [-0.25, -0.2) is 4.39 Å². The van der Waals surface area contributed by atoms with E-state index in [-0.39, 0.29) is 49.1 Å². The highest BCUT2D eigenvalue weighted by Crippen LogP contribution is 2.33. The lowest BCUT2D eigenvalue weighted by Gasteiger charge is -2.24. The number of benzene rings is 2. The monoisotopic (exact) mass is 538 g/mol. The Morgan fingerprint density at radius 1 is 1.13 bits per heavy atom. The van der Waals surface area contributed by atoms with Crippen LogP contribution in [0.25, 0.3) is 11.5 Å². The first-order valence-electron chi connectivity index (χ1n) is 11.7. The van der Waals surface area contributed by atoms with Crippen LogP contribution in [0.5, 0.6) is 6.08 Å². The normalized spacial score (nSPS) is 13.0. The number of alkyl halides is 3. The first kappa shape index (κ1) is 28.4. The fourth-order valence-corrected chi connectivity index (χ4v) is 3.35. The molecule has 2 aromatic carbocycles. The van der Waals surface area contributed by atoms with Crippen LogP contribution in [0, 0.1) is 11.7 Å². The van der Waals surface area contributed by atoms with Crippen LogP contribution in [0.15, 0.2) is 46.9 Å². The maximum atomic E-state index is 14.2. The summed E-state index contributed by atoms with van der Waals surface area (Å²) in [5.74, 6) is -2.77. The number of hydrogen-bond acceptors (Lipinski definition) is 7. The number of carboxylic acid groups (broad SMARTS) is 1. The average Bonchev–Trinajstić information content (AvgIpc) is 3.34. The van der Waals surface area contributed by atoms with Crippen molar-refractivity contribution in [2.24, 2.45) is 5.92 Å². The van der Waals surface area contributed by atoms with E-state index in [4.69, 9.17) is 14.3 Å². The second kappa shape index (κ2) is 12.4. The molecule has 0 unspecified atom stereocenters. The molecule has 0 bridgehead atoms. The molecule has 9 nitrogen and oxygen atoms in total. The summed E-state index contributed by atoms with van der Waals surface area (Å²) in [6.07, 6.45) is -4.35. The van der Waals surface area contributed by atoms with Gasteiger partial charge in [0, 0.05) is 17.8 Å². The lowest BCUT2D eigenvalue weighted by molar-refractivity contribution is -0.138. The Balaban J connectivity index is 1.62. The minimum Gasteiger partial charge on any atom is -0.481 e. The summed E-state index contributed by atoms with van der Waals surface area (Å²) in [5.41, 5.74) is -0.363. The van der Waals surface area contributed by atoms with Crippen LogP contribution in [-0.4, -0.2) is 46.4 Å². The van der Waals surface area contributed by atoms with E-state index in [0.29, 0.717) is 17.3 Å². The van der Waals surface area contributed by atoms with Gasteiger partial charge in [0.25, 0.3) is 11.8 Å². The molecule has 204 valence electrons. The van der Waals surface area contributed by atoms with Gasteiger partial charge in [0.15, 0.2) is 0 Å². The van der Waals surface area contributed by atoms with Gasteiger partial charge < -0.3 is 24.9 Å². The van der Waals surface area contributed by atoms with E-state index in [1.54, 1.807) is 24.3 Å². The van der Waals surface area contributed by atoms with E-state index >= 15 is 0 Å². The van der Waals surface area contributed by atoms with Crippen molar-refractivity contribution in [2.45, 2.75) is 38.9 Å². The number of anilines is 1. The molecule has 0 aliphatic rings. The van der Waals surface area contributed by atoms with Gasteiger partial charge in [-0.2, -0.15) is 13.2 Å². The van der Waals surface area contributed by atoms with Gasteiger partial charge >= 0.3 is 18.2 Å². The summed E-state index contributed by atoms with van der Waals surface area (Å²) in [4.78, 5) is 22.7. The number of halogens is 4. The second-order valence-electron chi connectivity index (χ2n) is 8.49. The lowest BCUT2D eigenvalue weighted by Crippen LogP contribution is -2.33. The van der Waals surface area contributed by atoms with E-state index in [2.05, 4.69) is 20.8 Å². The lowest BCUT2D eigenvalue weighted by atomic mass is 9.99. The van der Waals surface area contributed by atoms with Gasteiger partial charge in [-0.05, 0) is 48.4 Å². The van der Waals surface area contributed by atoms with Crippen molar-refractivity contribution in [3.63, 3.8) is 0 Å². The average molecular weight is 538 g/mol. The topological polar surface area (TPSA) is 127 Å². The minimum absolute atomic E-state index is 0.0183. The number of aliphatic carboxylic acids is 1. The van der Waals surface area contributed by atoms with Gasteiger partial charge in [-0.3, -0.25) is 9.59 Å². The van der Waals surface area contributed by atoms with Gasteiger partial charge in [0.1, 0.15) is 12.4 Å². The fraction of sp³-hybridized carbons (Fsp3) is 0.360. The third-order valence-electron chi connectivity index (χ3n) is 5.77. The van der Waals surface area contributed by atoms with Crippen LogP contribution in [0.3, 0.4) is 0 Å². The Morgan fingerprint density at radius 3 is 2.45 bits per heavy atom. The smallest absolute Gasteiger partial charge is 0.416 e. The number of carbonyl (C=O) groups excluding carboxylic acids is 1. The molecule has 3 rings (SSSR count). The zero-order valence-corrected chi connectivity index (χ0v) is 20.5. The molecule has 0 aliphatic carbocycles. The maximum Gasteiger partial charge on any atom is 0.416 e. The van der Waals surface area contributed by atoms with Gasteiger partial charge in [-0.15, -0.1) is 5.10 Å². The summed E-state index contributed by atoms with van der Waals surface area (Å²) < 4.78 is 63.5. The summed E-state index contributed by atoms with van der Waals surface area (Å²) in [6.45, 7) is 4.07. The third-order valence-corrected chi connectivity index (χ3v) is 5.77. The number of nitrogens with one attached hydrogen (secondary N) is 2. The van der Waals surface area contributed by atoms with Crippen molar-refractivity contribution in [3.8, 4) is 17.5 Å². The van der Waals surface area contributed by atoms with E-state index in [1.165, 1.54) is 0 Å². The number of hydrogen-bond donors (Lipinski definition) is 3. The second-order valence-corrected chi connectivity index (χ2v) is 8.49. The van der Waals surface area contributed by atoms with Gasteiger partial charge in [0.05, 0.1) is 23.6 Å². The largest absolute Gasteiger partial charge is 0.481 e. The SMILES string of the molecule is CC[C@H](C)[C@@H](COc1nnc(-c2ccc(C(F)(F)F)cc2F)o1)Nc1ccc(C(=O)NCCC(=O)O)cc1. The molecule has 0 fully saturated rings. The molecule has 2 atom stereocenters. The molecule has 0 saturated heterocycles. The quantitative estimate of drug-likeness (QED) is 0.275. The van der Waals surface area contributed by atoms with E-state index in [0.717, 1.165) is 18.6 Å². The van der Waals surface area contributed by atoms with Crippen LogP contribution < -0.4 is 15.4 Å². The Kier molecular flexibility index (Phi) is 9.26. The first-order chi connectivity index (χ1) is 18.0. The van der Waals surface area contributed by atoms with Crippen molar-refractivity contribution in [3.05, 3.63) is 59.4 Å². The molecule has 0 saturated carbocycles. The maximum absolute atomic E-state index is 14.2. The number of aromatic nitrogens is 2. The van der Waals surface area contributed by atoms with Gasteiger partial charge in [-0.1, -0.05) is 25.4 Å². The highest BCUT2D eigenvalue weighted by atomic mass is 19.4. The molecule has 13 heteroatoms. The molecule has 1 amide bonds. The number of ether oxygens (including phenoxy) is 1. The Bertz CT molecular complexity index is 1250. The Labute approximate surface area is 215 Å². The number of carboxylic acids is 1. The molecule has 38 heavy (non-hydrogen) atoms. The van der Waals surface area contributed by atoms with Crippen LogP contribution in [-0.2, 0) is 11.0 Å². The third kappa shape index (κ3) is 7.67. The zero-order valence-electron chi connectivity index (χ0n) is 20.5. The van der Waals surface area contributed by atoms with Gasteiger partial charge in [0.2, 0.25) is 0 Å². The fourth-order valence-electron chi connectivity index (χ4n) is 3.35. The summed E-state index contributed by atoms with van der Waals surface area (Å²) >= 11 is 0. The van der Waals surface area contributed by atoms with Crippen LogP contribution in [0.4, 0.5) is 23.2 Å². The number of amides is 1. The number of rotatable bonds is 12. The first-order valence-corrected chi connectivity index (χ1v) is 11.7. The molecule has 3 N–H and O–H groups in total. The minimum atomic E-state index is -4.69. The van der Waals surface area contributed by atoms with Crippen LogP contribution in [0.2, 0.25) is 0 Å². The molecule has 3 aromatic rings. The Morgan fingerprint density at radius 2 is 1.84 bits per heavy atom. The zero-order chi connectivity index (χ0) is 27.9. The summed E-state index contributed by atoms with van der Waals surface area (Å²) in [5, 5.41) is 21.9. The molecule has 0 radical (unpaired) electrons. The molecular weight excluding hydrogens is 512 g/mol. The predicted molar refractivity (Wildman–Crippen MR) is 128 cm³/mol. The standard InChI is InChI=1S/C25H26F4N4O5/c1-3-14(2)20(31-17-7-4-15(5-8-17)22(36)30-11-10-21(34)35)13-37-24-33-32-23(38-24)18-9-6-16(12-19(18)26)25(27,28)29/h4-9,12,14,20,31H,3,10-11,13H2,1-2H3,(H,30,36)(H,34,35)/t14-,20+/m0/s1. The molecule has 0 spiro atoms. The van der Waals surface area contributed by atoms with E-state index in [9.17, 15) is 27.2 Å². The van der Waals surface area contributed by atoms with Crippen LogP contribution in [0.1, 0.15) is 42.6 Å². The van der Waals surface area contributed by atoms with E-state index in [1.807, 2.05) is 13.8 Å². The predicted octanol–water partition coefficient (Wildman–Crippen LogP) is 5.00. The molecular formula is C25H26F4N4O5. The highest BCUT2D eigenvalue weighted by Gasteiger charge is 2.31. The van der Waals surface area contributed by atoms with E-state index < -0.39 is 29.4 Å². The van der Waals surface area contributed by atoms with Crippen molar-refractivity contribution >= 4 is 17.6 Å². The van der Waals surface area contributed by atoms with Crippen molar-refractivity contribution < 1.29 is 41.4 Å². The summed E-state index contributed by atoms with van der Waals surface area (Å²) in [7, 11) is 0. The van der Waals surface area contributed by atoms with Crippen molar-refractivity contribution in [1.29, 1.82) is 0 Å². The Hall–Kier alpha value is -4.16. The van der Waals surface area contributed by atoms with Crippen LogP contribution >= 0.6 is 0 Å². The van der Waals surface area contributed by atoms with Crippen molar-refractivity contribution in [1.82, 2.24) is 15.5 Å². The molecule has 1 aromatic heterocycles. The molecule has 0 aliphatic heterocycles. The highest BCUT2D eigenvalue weighted by molar-refractivity contribution is 5.94. The molecule has 1 heterocycles.